The molecule has 0 bridgehead atoms. The van der Waals surface area contributed by atoms with Gasteiger partial charge in [-0.05, 0) is 25.1 Å². The number of ether oxygens (including phenoxy) is 1. The van der Waals surface area contributed by atoms with Crippen molar-refractivity contribution in [3.8, 4) is 0 Å². The molecule has 6 nitrogen and oxygen atoms in total. The van der Waals surface area contributed by atoms with Gasteiger partial charge in [0.2, 0.25) is 0 Å². The molecule has 0 aliphatic rings. The summed E-state index contributed by atoms with van der Waals surface area (Å²) >= 11 is 3.31. The third-order valence-corrected chi connectivity index (χ3v) is 3.39. The first kappa shape index (κ1) is 15.7. The lowest BCUT2D eigenvalue weighted by Gasteiger charge is -2.12. The highest BCUT2D eigenvalue weighted by Gasteiger charge is 2.14. The molecule has 7 heteroatoms. The quantitative estimate of drug-likeness (QED) is 0.822. The van der Waals surface area contributed by atoms with E-state index in [0.29, 0.717) is 10.9 Å². The Bertz CT molecular complexity index is 714. The molecule has 1 aromatic carbocycles. The smallest absolute Gasteiger partial charge is 0.308 e. The molecule has 0 spiro atoms. The van der Waals surface area contributed by atoms with E-state index in [1.54, 1.807) is 25.1 Å². The van der Waals surface area contributed by atoms with Gasteiger partial charge in [-0.1, -0.05) is 15.9 Å². The number of carbonyl (C=O) groups is 1. The maximum Gasteiger partial charge on any atom is 0.308 e. The Morgan fingerprint density at radius 1 is 1.52 bits per heavy atom. The highest BCUT2D eigenvalue weighted by atomic mass is 79.9. The Morgan fingerprint density at radius 3 is 3.00 bits per heavy atom. The number of hydrogen-bond acceptors (Lipinski definition) is 5. The minimum Gasteiger partial charge on any atom is -0.466 e. The molecule has 112 valence electrons. The molecule has 1 atom stereocenters. The van der Waals surface area contributed by atoms with E-state index < -0.39 is 12.1 Å². The van der Waals surface area contributed by atoms with Crippen molar-refractivity contribution in [3.63, 3.8) is 0 Å². The molecule has 1 unspecified atom stereocenters. The zero-order valence-electron chi connectivity index (χ0n) is 11.5. The van der Waals surface area contributed by atoms with Crippen molar-refractivity contribution in [2.75, 3.05) is 6.61 Å². The van der Waals surface area contributed by atoms with Crippen molar-refractivity contribution in [2.24, 2.45) is 0 Å². The van der Waals surface area contributed by atoms with Crippen LogP contribution < -0.4 is 5.56 Å². The fourth-order valence-electron chi connectivity index (χ4n) is 1.97. The second-order valence-electron chi connectivity index (χ2n) is 4.53. The summed E-state index contributed by atoms with van der Waals surface area (Å²) < 4.78 is 6.83. The Morgan fingerprint density at radius 2 is 2.29 bits per heavy atom. The lowest BCUT2D eigenvalue weighted by atomic mass is 10.2. The number of nitrogens with zero attached hydrogens (tertiary/aromatic N) is 2. The molecule has 2 aromatic rings. The third-order valence-electron chi connectivity index (χ3n) is 2.90. The van der Waals surface area contributed by atoms with E-state index in [1.165, 1.54) is 10.9 Å². The fraction of sp³-hybridized carbons (Fsp3) is 0.357. The van der Waals surface area contributed by atoms with Gasteiger partial charge < -0.3 is 9.84 Å². The number of esters is 1. The summed E-state index contributed by atoms with van der Waals surface area (Å²) in [6, 6.07) is 5.22. The molecule has 0 saturated heterocycles. The van der Waals surface area contributed by atoms with Gasteiger partial charge >= 0.3 is 5.97 Å². The summed E-state index contributed by atoms with van der Waals surface area (Å²) in [6.07, 6.45) is 0.220. The number of hydrogen-bond donors (Lipinski definition) is 1. The highest BCUT2D eigenvalue weighted by Crippen LogP contribution is 2.14. The van der Waals surface area contributed by atoms with Crippen molar-refractivity contribution in [2.45, 2.75) is 26.0 Å². The third kappa shape index (κ3) is 3.89. The zero-order chi connectivity index (χ0) is 15.4. The predicted octanol–water partition coefficient (Wildman–Crippen LogP) is 1.47. The number of aliphatic hydroxyl groups is 1. The summed E-state index contributed by atoms with van der Waals surface area (Å²) in [6.45, 7) is 1.95. The molecular formula is C14H15BrN2O4. The van der Waals surface area contributed by atoms with Crippen LogP contribution in [0.2, 0.25) is 0 Å². The second kappa shape index (κ2) is 6.82. The van der Waals surface area contributed by atoms with E-state index in [-0.39, 0.29) is 25.1 Å². The molecule has 0 radical (unpaired) electrons. The minimum absolute atomic E-state index is 0.00684. The van der Waals surface area contributed by atoms with Crippen LogP contribution in [0.1, 0.15) is 13.3 Å². The number of benzene rings is 1. The van der Waals surface area contributed by atoms with Gasteiger partial charge in [-0.3, -0.25) is 14.2 Å². The average molecular weight is 355 g/mol. The van der Waals surface area contributed by atoms with E-state index in [0.717, 1.165) is 4.47 Å². The molecule has 0 saturated carbocycles. The lowest BCUT2D eigenvalue weighted by Crippen LogP contribution is -2.28. The van der Waals surface area contributed by atoms with Crippen LogP contribution in [0, 0.1) is 0 Å². The van der Waals surface area contributed by atoms with Crippen molar-refractivity contribution in [1.29, 1.82) is 0 Å². The normalized spacial score (nSPS) is 12.3. The Labute approximate surface area is 129 Å². The van der Waals surface area contributed by atoms with Crippen LogP contribution in [0.25, 0.3) is 10.9 Å². The SMILES string of the molecule is CCOC(=O)CC(O)Cn1cnc2ccc(Br)cc2c1=O. The molecule has 0 aliphatic heterocycles. The van der Waals surface area contributed by atoms with Gasteiger partial charge in [0.15, 0.2) is 0 Å². The number of aromatic nitrogens is 2. The monoisotopic (exact) mass is 354 g/mol. The number of halogens is 1. The van der Waals surface area contributed by atoms with Gasteiger partial charge in [-0.15, -0.1) is 0 Å². The molecule has 0 aliphatic carbocycles. The number of aliphatic hydroxyl groups excluding tert-OH is 1. The fourth-order valence-corrected chi connectivity index (χ4v) is 2.33. The second-order valence-corrected chi connectivity index (χ2v) is 5.44. The first-order valence-corrected chi connectivity index (χ1v) is 7.29. The van der Waals surface area contributed by atoms with Gasteiger partial charge in [-0.2, -0.15) is 0 Å². The standard InChI is InChI=1S/C14H15BrN2O4/c1-2-21-13(19)6-10(18)7-17-8-16-12-4-3-9(15)5-11(12)14(17)20/h3-5,8,10,18H,2,6-7H2,1H3. The molecule has 21 heavy (non-hydrogen) atoms. The largest absolute Gasteiger partial charge is 0.466 e. The van der Waals surface area contributed by atoms with Crippen molar-refractivity contribution >= 4 is 32.8 Å². The van der Waals surface area contributed by atoms with Gasteiger partial charge in [0, 0.05) is 4.47 Å². The summed E-state index contributed by atoms with van der Waals surface area (Å²) in [5, 5.41) is 10.3. The number of rotatable bonds is 5. The summed E-state index contributed by atoms with van der Waals surface area (Å²) in [7, 11) is 0. The van der Waals surface area contributed by atoms with Crippen molar-refractivity contribution < 1.29 is 14.6 Å². The van der Waals surface area contributed by atoms with Crippen LogP contribution in [-0.2, 0) is 16.1 Å². The van der Waals surface area contributed by atoms with Gasteiger partial charge in [0.05, 0.1) is 42.9 Å². The lowest BCUT2D eigenvalue weighted by molar-refractivity contribution is -0.145. The first-order valence-electron chi connectivity index (χ1n) is 6.49. The molecule has 1 N–H and O–H groups in total. The topological polar surface area (TPSA) is 81.4 Å². The molecular weight excluding hydrogens is 340 g/mol. The van der Waals surface area contributed by atoms with Crippen LogP contribution in [0.4, 0.5) is 0 Å². The maximum atomic E-state index is 12.3. The molecule has 1 aromatic heterocycles. The van der Waals surface area contributed by atoms with E-state index in [9.17, 15) is 14.7 Å². The summed E-state index contributed by atoms with van der Waals surface area (Å²) in [4.78, 5) is 27.8. The maximum absolute atomic E-state index is 12.3. The minimum atomic E-state index is -0.992. The Balaban J connectivity index is 2.21. The van der Waals surface area contributed by atoms with E-state index in [4.69, 9.17) is 4.74 Å². The molecule has 0 amide bonds. The number of fused-ring (bicyclic) bond motifs is 1. The highest BCUT2D eigenvalue weighted by molar-refractivity contribution is 9.10. The van der Waals surface area contributed by atoms with Gasteiger partial charge in [0.25, 0.3) is 5.56 Å². The predicted molar refractivity (Wildman–Crippen MR) is 81.0 cm³/mol. The summed E-state index contributed by atoms with van der Waals surface area (Å²) in [5.74, 6) is -0.491. The van der Waals surface area contributed by atoms with Crippen LogP contribution in [0.15, 0.2) is 33.8 Å². The van der Waals surface area contributed by atoms with Gasteiger partial charge in [0.1, 0.15) is 0 Å². The van der Waals surface area contributed by atoms with Crippen LogP contribution in [0.5, 0.6) is 0 Å². The molecule has 2 rings (SSSR count). The van der Waals surface area contributed by atoms with E-state index in [2.05, 4.69) is 20.9 Å². The van der Waals surface area contributed by atoms with Crippen molar-refractivity contribution in [3.05, 3.63) is 39.4 Å². The van der Waals surface area contributed by atoms with Crippen LogP contribution in [-0.4, -0.2) is 33.3 Å². The van der Waals surface area contributed by atoms with E-state index >= 15 is 0 Å². The number of carbonyl (C=O) groups excluding carboxylic acids is 1. The Hall–Kier alpha value is -1.73. The summed E-state index contributed by atoms with van der Waals surface area (Å²) in [5.41, 5.74) is 0.323. The van der Waals surface area contributed by atoms with E-state index in [1.807, 2.05) is 0 Å². The average Bonchev–Trinajstić information content (AvgIpc) is 2.42. The Kier molecular flexibility index (Phi) is 5.08. The van der Waals surface area contributed by atoms with Crippen LogP contribution >= 0.6 is 15.9 Å². The van der Waals surface area contributed by atoms with Crippen LogP contribution in [0.3, 0.4) is 0 Å². The first-order chi connectivity index (χ1) is 10.0. The van der Waals surface area contributed by atoms with Gasteiger partial charge in [-0.25, -0.2) is 4.98 Å². The molecule has 1 heterocycles. The molecule has 0 fully saturated rings. The van der Waals surface area contributed by atoms with Crippen molar-refractivity contribution in [1.82, 2.24) is 9.55 Å². The zero-order valence-corrected chi connectivity index (χ0v) is 13.0.